The van der Waals surface area contributed by atoms with Crippen molar-refractivity contribution in [1.82, 2.24) is 4.72 Å². The number of rotatable bonds is 9. The maximum atomic E-state index is 12.3. The smallest absolute Gasteiger partial charge is 0.321 e. The van der Waals surface area contributed by atoms with Crippen LogP contribution in [0.5, 0.6) is 0 Å². The lowest BCUT2D eigenvalue weighted by atomic mass is 10.0. The molecule has 0 heterocycles. The molecule has 2 rings (SSSR count). The summed E-state index contributed by atoms with van der Waals surface area (Å²) in [5.41, 5.74) is 2.24. The molecule has 148 valence electrons. The summed E-state index contributed by atoms with van der Waals surface area (Å²) >= 11 is 0. The Morgan fingerprint density at radius 3 is 2.32 bits per heavy atom. The highest BCUT2D eigenvalue weighted by Crippen LogP contribution is 2.10. The van der Waals surface area contributed by atoms with Gasteiger partial charge >= 0.3 is 5.97 Å². The van der Waals surface area contributed by atoms with Crippen molar-refractivity contribution in [3.63, 3.8) is 0 Å². The van der Waals surface area contributed by atoms with Gasteiger partial charge in [-0.25, -0.2) is 13.1 Å². The summed E-state index contributed by atoms with van der Waals surface area (Å²) in [6.07, 6.45) is 1.27. The van der Waals surface area contributed by atoms with Crippen LogP contribution >= 0.6 is 0 Å². The SMILES string of the molecule is CCc1ccc(C(=O)[C@H](C)OC(=O)CNS(=O)(=O)/C=C/c2ccccc2)cc1. The number of sulfonamides is 1. The van der Waals surface area contributed by atoms with E-state index in [1.165, 1.54) is 13.0 Å². The minimum atomic E-state index is -3.81. The molecule has 2 aromatic rings. The lowest BCUT2D eigenvalue weighted by molar-refractivity contribution is -0.144. The van der Waals surface area contributed by atoms with Crippen molar-refractivity contribution in [3.05, 3.63) is 76.7 Å². The van der Waals surface area contributed by atoms with Crippen molar-refractivity contribution in [2.45, 2.75) is 26.4 Å². The van der Waals surface area contributed by atoms with Crippen LogP contribution in [-0.2, 0) is 26.0 Å². The number of carbonyl (C=O) groups excluding carboxylic acids is 2. The molecule has 2 aromatic carbocycles. The van der Waals surface area contributed by atoms with Crippen LogP contribution in [0.4, 0.5) is 0 Å². The predicted molar refractivity (Wildman–Crippen MR) is 108 cm³/mol. The highest BCUT2D eigenvalue weighted by Gasteiger charge is 2.20. The second-order valence-corrected chi connectivity index (χ2v) is 7.78. The molecular formula is C21H23NO5S. The van der Waals surface area contributed by atoms with E-state index < -0.39 is 28.6 Å². The number of hydrogen-bond donors (Lipinski definition) is 1. The van der Waals surface area contributed by atoms with Crippen LogP contribution < -0.4 is 4.72 Å². The van der Waals surface area contributed by atoms with Crippen LogP contribution in [0.3, 0.4) is 0 Å². The molecule has 0 bridgehead atoms. The van der Waals surface area contributed by atoms with Gasteiger partial charge in [0.05, 0.1) is 0 Å². The number of hydrogen-bond acceptors (Lipinski definition) is 5. The number of ether oxygens (including phenoxy) is 1. The normalized spacial score (nSPS) is 12.6. The van der Waals surface area contributed by atoms with Gasteiger partial charge in [-0.1, -0.05) is 61.5 Å². The summed E-state index contributed by atoms with van der Waals surface area (Å²) in [5.74, 6) is -1.18. The summed E-state index contributed by atoms with van der Waals surface area (Å²) in [6, 6.07) is 15.9. The van der Waals surface area contributed by atoms with Gasteiger partial charge in [0.2, 0.25) is 15.8 Å². The first kappa shape index (κ1) is 21.5. The number of ketones is 1. The van der Waals surface area contributed by atoms with E-state index in [0.717, 1.165) is 17.4 Å². The fourth-order valence-electron chi connectivity index (χ4n) is 2.37. The number of nitrogens with one attached hydrogen (secondary N) is 1. The maximum Gasteiger partial charge on any atom is 0.321 e. The second kappa shape index (κ2) is 9.96. The average molecular weight is 401 g/mol. The van der Waals surface area contributed by atoms with E-state index in [4.69, 9.17) is 4.74 Å². The van der Waals surface area contributed by atoms with Gasteiger partial charge in [-0.2, -0.15) is 0 Å². The standard InChI is InChI=1S/C21H23NO5S/c1-3-17-9-11-19(12-10-17)21(24)16(2)27-20(23)15-22-28(25,26)14-13-18-7-5-4-6-8-18/h4-14,16,22H,3,15H2,1-2H3/b14-13+/t16-/m0/s1. The van der Waals surface area contributed by atoms with E-state index in [9.17, 15) is 18.0 Å². The van der Waals surface area contributed by atoms with Crippen molar-refractivity contribution in [2.75, 3.05) is 6.54 Å². The molecule has 6 nitrogen and oxygen atoms in total. The Balaban J connectivity index is 1.86. The fraction of sp³-hybridized carbons (Fsp3) is 0.238. The molecule has 0 aliphatic carbocycles. The zero-order chi connectivity index (χ0) is 20.6. The van der Waals surface area contributed by atoms with Crippen LogP contribution in [0, 0.1) is 0 Å². The minimum absolute atomic E-state index is 0.345. The zero-order valence-electron chi connectivity index (χ0n) is 15.8. The molecular weight excluding hydrogens is 378 g/mol. The van der Waals surface area contributed by atoms with Crippen LogP contribution in [0.2, 0.25) is 0 Å². The van der Waals surface area contributed by atoms with Gasteiger partial charge in [0.1, 0.15) is 6.54 Å². The summed E-state index contributed by atoms with van der Waals surface area (Å²) in [7, 11) is -3.81. The molecule has 0 aliphatic heterocycles. The molecule has 0 radical (unpaired) electrons. The quantitative estimate of drug-likeness (QED) is 0.515. The Hall–Kier alpha value is -2.77. The number of benzene rings is 2. The minimum Gasteiger partial charge on any atom is -0.453 e. The summed E-state index contributed by atoms with van der Waals surface area (Å²) in [5, 5.41) is 0.972. The monoisotopic (exact) mass is 401 g/mol. The first-order valence-corrected chi connectivity index (χ1v) is 10.4. The highest BCUT2D eigenvalue weighted by atomic mass is 32.2. The maximum absolute atomic E-state index is 12.3. The molecule has 28 heavy (non-hydrogen) atoms. The largest absolute Gasteiger partial charge is 0.453 e. The molecule has 0 fully saturated rings. The van der Waals surface area contributed by atoms with Crippen molar-refractivity contribution in [3.8, 4) is 0 Å². The van der Waals surface area contributed by atoms with Crippen LogP contribution in [0.1, 0.15) is 35.3 Å². The molecule has 0 amide bonds. The lowest BCUT2D eigenvalue weighted by Crippen LogP contribution is -2.33. The van der Waals surface area contributed by atoms with Crippen molar-refractivity contribution >= 4 is 27.9 Å². The third-order valence-corrected chi connectivity index (χ3v) is 5.02. The van der Waals surface area contributed by atoms with Gasteiger partial charge in [0.25, 0.3) is 0 Å². The first-order chi connectivity index (χ1) is 13.3. The molecule has 0 aliphatic rings. The Kier molecular flexibility index (Phi) is 7.66. The molecule has 7 heteroatoms. The van der Waals surface area contributed by atoms with Crippen molar-refractivity contribution in [1.29, 1.82) is 0 Å². The van der Waals surface area contributed by atoms with E-state index >= 15 is 0 Å². The average Bonchev–Trinajstić information content (AvgIpc) is 2.71. The number of carbonyl (C=O) groups is 2. The second-order valence-electron chi connectivity index (χ2n) is 6.13. The van der Waals surface area contributed by atoms with Crippen LogP contribution in [-0.4, -0.2) is 32.8 Å². The fourth-order valence-corrected chi connectivity index (χ4v) is 3.12. The first-order valence-electron chi connectivity index (χ1n) is 8.86. The number of aryl methyl sites for hydroxylation is 1. The summed E-state index contributed by atoms with van der Waals surface area (Å²) in [4.78, 5) is 24.2. The van der Waals surface area contributed by atoms with Gasteiger partial charge in [-0.15, -0.1) is 0 Å². The van der Waals surface area contributed by atoms with E-state index in [1.54, 1.807) is 36.4 Å². The van der Waals surface area contributed by atoms with Gasteiger partial charge in [0.15, 0.2) is 6.10 Å². The third-order valence-electron chi connectivity index (χ3n) is 3.98. The zero-order valence-corrected chi connectivity index (χ0v) is 16.6. The molecule has 1 atom stereocenters. The van der Waals surface area contributed by atoms with E-state index in [1.807, 2.05) is 25.1 Å². The molecule has 0 spiro atoms. The van der Waals surface area contributed by atoms with Crippen molar-refractivity contribution < 1.29 is 22.7 Å². The summed E-state index contributed by atoms with van der Waals surface area (Å²) < 4.78 is 31.0. The van der Waals surface area contributed by atoms with E-state index in [-0.39, 0.29) is 5.78 Å². The molecule has 0 unspecified atom stereocenters. The molecule has 0 saturated heterocycles. The number of esters is 1. The van der Waals surface area contributed by atoms with Gasteiger partial charge in [-0.3, -0.25) is 9.59 Å². The van der Waals surface area contributed by atoms with Crippen LogP contribution in [0.25, 0.3) is 6.08 Å². The predicted octanol–water partition coefficient (Wildman–Crippen LogP) is 2.95. The lowest BCUT2D eigenvalue weighted by Gasteiger charge is -2.12. The Morgan fingerprint density at radius 1 is 1.07 bits per heavy atom. The van der Waals surface area contributed by atoms with Crippen LogP contribution in [0.15, 0.2) is 60.0 Å². The topological polar surface area (TPSA) is 89.5 Å². The highest BCUT2D eigenvalue weighted by molar-refractivity contribution is 7.92. The van der Waals surface area contributed by atoms with Gasteiger partial charge in [0, 0.05) is 11.0 Å². The summed E-state index contributed by atoms with van der Waals surface area (Å²) in [6.45, 7) is 2.91. The Morgan fingerprint density at radius 2 is 1.71 bits per heavy atom. The molecule has 0 saturated carbocycles. The van der Waals surface area contributed by atoms with E-state index in [2.05, 4.69) is 4.72 Å². The molecule has 1 N–H and O–H groups in total. The van der Waals surface area contributed by atoms with Gasteiger partial charge < -0.3 is 4.74 Å². The Labute approximate surface area is 165 Å². The number of Topliss-reactive ketones (excluding diaryl/α,β-unsaturated/α-hetero) is 1. The Bertz CT molecular complexity index is 935. The van der Waals surface area contributed by atoms with Crippen molar-refractivity contribution in [2.24, 2.45) is 0 Å². The van der Waals surface area contributed by atoms with Gasteiger partial charge in [-0.05, 0) is 30.5 Å². The molecule has 0 aromatic heterocycles. The third kappa shape index (κ3) is 6.75. The van der Waals surface area contributed by atoms with E-state index in [0.29, 0.717) is 11.1 Å².